The van der Waals surface area contributed by atoms with Gasteiger partial charge in [-0.25, -0.2) is 4.57 Å². The van der Waals surface area contributed by atoms with Crippen molar-refractivity contribution in [3.8, 4) is 0 Å². The van der Waals surface area contributed by atoms with Gasteiger partial charge < -0.3 is 19.8 Å². The minimum absolute atomic E-state index is 0.0580. The van der Waals surface area contributed by atoms with Gasteiger partial charge in [-0.15, -0.1) is 0 Å². The van der Waals surface area contributed by atoms with E-state index >= 15 is 0 Å². The Morgan fingerprint density at radius 3 is 1.40 bits per heavy atom. The molecule has 0 saturated heterocycles. The zero-order chi connectivity index (χ0) is 42.1. The first-order valence-electron chi connectivity index (χ1n) is 24.2. The lowest BCUT2D eigenvalue weighted by Gasteiger charge is -2.25. The fraction of sp³-hybridized carbons (Fsp3) is 0.896. The molecule has 0 radical (unpaired) electrons. The van der Waals surface area contributed by atoms with Crippen LogP contribution in [0.2, 0.25) is 0 Å². The zero-order valence-electron chi connectivity index (χ0n) is 38.3. The summed E-state index contributed by atoms with van der Waals surface area (Å²) < 4.78 is 23.5. The Kier molecular flexibility index (Phi) is 39.7. The average Bonchev–Trinajstić information content (AvgIpc) is 3.16. The van der Waals surface area contributed by atoms with Gasteiger partial charge in [0.05, 0.1) is 39.9 Å². The van der Waals surface area contributed by atoms with Crippen LogP contribution >= 0.6 is 7.82 Å². The second-order valence-corrected chi connectivity index (χ2v) is 19.3. The maximum atomic E-state index is 12.8. The molecule has 8 nitrogen and oxygen atoms in total. The predicted octanol–water partition coefficient (Wildman–Crippen LogP) is 13.7. The Morgan fingerprint density at radius 1 is 0.579 bits per heavy atom. The first-order chi connectivity index (χ1) is 27.5. The number of phosphoric acid groups is 1. The van der Waals surface area contributed by atoms with E-state index in [2.05, 4.69) is 31.3 Å². The maximum absolute atomic E-state index is 12.8. The fourth-order valence-electron chi connectivity index (χ4n) is 7.06. The van der Waals surface area contributed by atoms with E-state index in [-0.39, 0.29) is 19.1 Å². The van der Waals surface area contributed by atoms with E-state index in [1.54, 1.807) is 6.08 Å². The first kappa shape index (κ1) is 56.0. The highest BCUT2D eigenvalue weighted by molar-refractivity contribution is 7.47. The molecule has 0 spiro atoms. The van der Waals surface area contributed by atoms with Crippen LogP contribution in [0.4, 0.5) is 0 Å². The molecule has 0 bridgehead atoms. The molecule has 3 N–H and O–H groups in total. The van der Waals surface area contributed by atoms with E-state index in [9.17, 15) is 19.4 Å². The second kappa shape index (κ2) is 40.4. The van der Waals surface area contributed by atoms with Crippen molar-refractivity contribution in [3.63, 3.8) is 0 Å². The topological polar surface area (TPSA) is 105 Å². The van der Waals surface area contributed by atoms with E-state index in [4.69, 9.17) is 9.05 Å². The van der Waals surface area contributed by atoms with Crippen molar-refractivity contribution in [2.45, 2.75) is 238 Å². The summed E-state index contributed by atoms with van der Waals surface area (Å²) in [6, 6.07) is -0.857. The number of carbonyl (C=O) groups excluding carboxylic acids is 1. The molecule has 338 valence electrons. The van der Waals surface area contributed by atoms with Crippen LogP contribution in [0.5, 0.6) is 0 Å². The Morgan fingerprint density at radius 2 is 0.965 bits per heavy atom. The van der Waals surface area contributed by atoms with Gasteiger partial charge in [-0.1, -0.05) is 212 Å². The minimum atomic E-state index is -4.34. The summed E-state index contributed by atoms with van der Waals surface area (Å²) in [6.45, 7) is 4.78. The SMILES string of the molecule is CCCCCCCCCCCCCCCCCCCCCC/C=C/CC/C=C/C(O)C(COP(=O)(O)OCC[N+](C)(C)C)NC(=O)CCCCCCCCCCC. The number of carbonyl (C=O) groups is 1. The number of quaternary nitrogens is 1. The third kappa shape index (κ3) is 42.9. The van der Waals surface area contributed by atoms with Gasteiger partial charge in [0.2, 0.25) is 5.91 Å². The number of nitrogens with zero attached hydrogens (tertiary/aromatic N) is 1. The number of likely N-dealkylation sites (N-methyl/N-ethyl adjacent to an activating group) is 1. The Bertz CT molecular complexity index is 984. The van der Waals surface area contributed by atoms with Crippen LogP contribution in [0.15, 0.2) is 24.3 Å². The molecule has 0 saturated carbocycles. The zero-order valence-corrected chi connectivity index (χ0v) is 39.2. The highest BCUT2D eigenvalue weighted by Crippen LogP contribution is 2.43. The van der Waals surface area contributed by atoms with Gasteiger partial charge in [-0.2, -0.15) is 0 Å². The molecular formula is C48H96N2O6P+. The van der Waals surface area contributed by atoms with Gasteiger partial charge >= 0.3 is 7.82 Å². The van der Waals surface area contributed by atoms with Crippen molar-refractivity contribution >= 4 is 13.7 Å². The molecule has 57 heavy (non-hydrogen) atoms. The van der Waals surface area contributed by atoms with Gasteiger partial charge in [-0.05, 0) is 32.1 Å². The molecule has 9 heteroatoms. The number of aliphatic hydroxyl groups excluding tert-OH is 1. The number of rotatable bonds is 44. The summed E-state index contributed by atoms with van der Waals surface area (Å²) in [4.78, 5) is 23.0. The van der Waals surface area contributed by atoms with Crippen molar-refractivity contribution in [2.24, 2.45) is 0 Å². The average molecular weight is 828 g/mol. The van der Waals surface area contributed by atoms with E-state index in [0.717, 1.165) is 38.5 Å². The molecule has 0 rings (SSSR count). The molecular weight excluding hydrogens is 732 g/mol. The number of aliphatic hydroxyl groups is 1. The Balaban J connectivity index is 4.20. The summed E-state index contributed by atoms with van der Waals surface area (Å²) in [5, 5.41) is 13.8. The Labute approximate surface area is 354 Å². The van der Waals surface area contributed by atoms with Crippen molar-refractivity contribution in [1.82, 2.24) is 5.32 Å². The van der Waals surface area contributed by atoms with Gasteiger partial charge in [-0.3, -0.25) is 13.8 Å². The van der Waals surface area contributed by atoms with Crippen molar-refractivity contribution < 1.29 is 32.9 Å². The molecule has 0 aliphatic carbocycles. The smallest absolute Gasteiger partial charge is 0.387 e. The first-order valence-corrected chi connectivity index (χ1v) is 25.7. The predicted molar refractivity (Wildman–Crippen MR) is 245 cm³/mol. The third-order valence-electron chi connectivity index (χ3n) is 10.9. The van der Waals surface area contributed by atoms with Gasteiger partial charge in [0.25, 0.3) is 0 Å². The van der Waals surface area contributed by atoms with Crippen LogP contribution in [0, 0.1) is 0 Å². The normalized spacial score (nSPS) is 14.4. The molecule has 1 amide bonds. The van der Waals surface area contributed by atoms with Crippen LogP contribution in [0.3, 0.4) is 0 Å². The third-order valence-corrected chi connectivity index (χ3v) is 11.9. The number of nitrogens with one attached hydrogen (secondary N) is 1. The van der Waals surface area contributed by atoms with Gasteiger partial charge in [0.1, 0.15) is 13.2 Å². The van der Waals surface area contributed by atoms with E-state index < -0.39 is 20.0 Å². The lowest BCUT2D eigenvalue weighted by atomic mass is 10.0. The summed E-state index contributed by atoms with van der Waals surface area (Å²) in [6.07, 6.45) is 48.5. The van der Waals surface area contributed by atoms with Crippen LogP contribution in [0.25, 0.3) is 0 Å². The number of phosphoric ester groups is 1. The van der Waals surface area contributed by atoms with Crippen LogP contribution in [-0.2, 0) is 18.4 Å². The number of allylic oxidation sites excluding steroid dienone is 3. The highest BCUT2D eigenvalue weighted by Gasteiger charge is 2.27. The molecule has 0 aromatic heterocycles. The summed E-state index contributed by atoms with van der Waals surface area (Å²) >= 11 is 0. The molecule has 0 aromatic carbocycles. The highest BCUT2D eigenvalue weighted by atomic mass is 31.2. The standard InChI is InChI=1S/C48H95N2O6P/c1-6-8-10-12-14-16-17-18-19-20-21-22-23-24-25-26-27-28-29-30-31-32-34-35-37-39-41-47(51)46(45-56-57(53,54)55-44-43-50(3,4)5)49-48(52)42-40-38-36-33-15-13-11-9-7-2/h32,34,39,41,46-47,51H,6-31,33,35-38,40,42-45H2,1-5H3,(H-,49,52,53,54)/p+1/b34-32+,41-39+. The van der Waals surface area contributed by atoms with Gasteiger partial charge in [0.15, 0.2) is 0 Å². The molecule has 3 unspecified atom stereocenters. The van der Waals surface area contributed by atoms with Crippen molar-refractivity contribution in [3.05, 3.63) is 24.3 Å². The van der Waals surface area contributed by atoms with Gasteiger partial charge in [0, 0.05) is 6.42 Å². The molecule has 0 heterocycles. The lowest BCUT2D eigenvalue weighted by molar-refractivity contribution is -0.870. The lowest BCUT2D eigenvalue weighted by Crippen LogP contribution is -2.45. The van der Waals surface area contributed by atoms with E-state index in [0.29, 0.717) is 17.4 Å². The molecule has 0 aliphatic rings. The quantitative estimate of drug-likeness (QED) is 0.0244. The van der Waals surface area contributed by atoms with Crippen LogP contribution < -0.4 is 5.32 Å². The van der Waals surface area contributed by atoms with Crippen molar-refractivity contribution in [2.75, 3.05) is 40.9 Å². The molecule has 3 atom stereocenters. The summed E-state index contributed by atoms with van der Waals surface area (Å²) in [5.74, 6) is -0.189. The summed E-state index contributed by atoms with van der Waals surface area (Å²) in [7, 11) is 1.56. The second-order valence-electron chi connectivity index (χ2n) is 17.8. The summed E-state index contributed by atoms with van der Waals surface area (Å²) in [5.41, 5.74) is 0. The number of amides is 1. The molecule has 0 aliphatic heterocycles. The number of hydrogen-bond donors (Lipinski definition) is 3. The fourth-order valence-corrected chi connectivity index (χ4v) is 7.79. The number of hydrogen-bond acceptors (Lipinski definition) is 5. The minimum Gasteiger partial charge on any atom is -0.387 e. The largest absolute Gasteiger partial charge is 0.472 e. The van der Waals surface area contributed by atoms with E-state index in [1.165, 1.54) is 167 Å². The monoisotopic (exact) mass is 828 g/mol. The Hall–Kier alpha value is -1.02. The maximum Gasteiger partial charge on any atom is 0.472 e. The van der Waals surface area contributed by atoms with Crippen LogP contribution in [0.1, 0.15) is 226 Å². The molecule has 0 fully saturated rings. The number of unbranched alkanes of at least 4 members (excludes halogenated alkanes) is 29. The van der Waals surface area contributed by atoms with E-state index in [1.807, 2.05) is 27.2 Å². The van der Waals surface area contributed by atoms with Crippen LogP contribution in [-0.4, -0.2) is 73.4 Å². The van der Waals surface area contributed by atoms with Crippen molar-refractivity contribution in [1.29, 1.82) is 0 Å². The molecule has 0 aromatic rings.